The van der Waals surface area contributed by atoms with E-state index in [4.69, 9.17) is 27.6 Å². The van der Waals surface area contributed by atoms with Crippen molar-refractivity contribution in [2.24, 2.45) is 0 Å². The Balaban J connectivity index is 2.54. The molecule has 0 radical (unpaired) electrons. The summed E-state index contributed by atoms with van der Waals surface area (Å²) in [5.74, 6) is 0.161. The van der Waals surface area contributed by atoms with E-state index in [-0.39, 0.29) is 16.6 Å². The highest BCUT2D eigenvalue weighted by atomic mass is 35.5. The lowest BCUT2D eigenvalue weighted by Gasteiger charge is -2.00. The van der Waals surface area contributed by atoms with Gasteiger partial charge in [0, 0.05) is 18.7 Å². The van der Waals surface area contributed by atoms with Gasteiger partial charge in [-0.05, 0) is 6.07 Å². The first-order valence-electron chi connectivity index (χ1n) is 4.35. The van der Waals surface area contributed by atoms with E-state index in [9.17, 15) is 4.79 Å². The van der Waals surface area contributed by atoms with Crippen molar-refractivity contribution in [1.82, 2.24) is 9.97 Å². The van der Waals surface area contributed by atoms with E-state index in [1.54, 1.807) is 6.07 Å². The second kappa shape index (κ2) is 4.23. The number of hydrogen-bond donors (Lipinski definition) is 0. The predicted octanol–water partition coefficient (Wildman–Crippen LogP) is 3.25. The number of rotatable bonds is 2. The summed E-state index contributed by atoms with van der Waals surface area (Å²) in [7, 11) is 0. The Morgan fingerprint density at radius 1 is 1.38 bits per heavy atom. The Hall–Kier alpha value is -1.39. The van der Waals surface area contributed by atoms with Crippen molar-refractivity contribution in [3.63, 3.8) is 0 Å². The maximum absolute atomic E-state index is 11.3. The van der Waals surface area contributed by atoms with E-state index in [1.165, 1.54) is 19.5 Å². The summed E-state index contributed by atoms with van der Waals surface area (Å²) in [6, 6.07) is 1.57. The number of carbonyl (C=O) groups is 1. The van der Waals surface area contributed by atoms with Crippen molar-refractivity contribution in [3.05, 3.63) is 34.5 Å². The number of oxazole rings is 1. The molecule has 2 rings (SSSR count). The molecule has 2 aromatic heterocycles. The van der Waals surface area contributed by atoms with E-state index in [2.05, 4.69) is 9.97 Å². The SMILES string of the molecule is CC(=O)c1ncoc1-c1cnc(Cl)c(Cl)c1. The highest BCUT2D eigenvalue weighted by Crippen LogP contribution is 2.28. The smallest absolute Gasteiger partial charge is 0.182 e. The van der Waals surface area contributed by atoms with Crippen LogP contribution in [-0.2, 0) is 0 Å². The maximum Gasteiger partial charge on any atom is 0.182 e. The quantitative estimate of drug-likeness (QED) is 0.612. The predicted molar refractivity (Wildman–Crippen MR) is 59.8 cm³/mol. The second-order valence-corrected chi connectivity index (χ2v) is 3.85. The van der Waals surface area contributed by atoms with Crippen LogP contribution in [0, 0.1) is 0 Å². The third kappa shape index (κ3) is 1.94. The first-order chi connectivity index (χ1) is 7.59. The van der Waals surface area contributed by atoms with Crippen molar-refractivity contribution in [2.75, 3.05) is 0 Å². The van der Waals surface area contributed by atoms with Crippen LogP contribution in [0.4, 0.5) is 0 Å². The fraction of sp³-hybridized carbons (Fsp3) is 0.100. The average molecular weight is 257 g/mol. The molecule has 0 aromatic carbocycles. The molecule has 2 aromatic rings. The van der Waals surface area contributed by atoms with E-state index in [1.807, 2.05) is 0 Å². The van der Waals surface area contributed by atoms with Gasteiger partial charge < -0.3 is 4.42 Å². The van der Waals surface area contributed by atoms with Gasteiger partial charge in [0.15, 0.2) is 23.6 Å². The van der Waals surface area contributed by atoms with Crippen molar-refractivity contribution in [3.8, 4) is 11.3 Å². The van der Waals surface area contributed by atoms with Crippen molar-refractivity contribution in [2.45, 2.75) is 6.92 Å². The Bertz CT molecular complexity index is 552. The van der Waals surface area contributed by atoms with Crippen LogP contribution >= 0.6 is 23.2 Å². The number of nitrogens with zero attached hydrogens (tertiary/aromatic N) is 2. The van der Waals surface area contributed by atoms with Gasteiger partial charge >= 0.3 is 0 Å². The zero-order valence-electron chi connectivity index (χ0n) is 8.20. The Labute approximate surface area is 101 Å². The van der Waals surface area contributed by atoms with Gasteiger partial charge in [0.1, 0.15) is 5.15 Å². The standard InChI is InChI=1S/C10H6Cl2N2O2/c1-5(15)8-9(16-4-14-8)6-2-7(11)10(12)13-3-6/h2-4H,1H3. The lowest BCUT2D eigenvalue weighted by atomic mass is 10.1. The summed E-state index contributed by atoms with van der Waals surface area (Å²) in [6.45, 7) is 1.41. The molecule has 0 amide bonds. The summed E-state index contributed by atoms with van der Waals surface area (Å²) >= 11 is 11.5. The molecule has 4 nitrogen and oxygen atoms in total. The minimum Gasteiger partial charge on any atom is -0.443 e. The third-order valence-corrected chi connectivity index (χ3v) is 2.65. The number of Topliss-reactive ketones (excluding diaryl/α,β-unsaturated/α-hetero) is 1. The van der Waals surface area contributed by atoms with Crippen LogP contribution in [-0.4, -0.2) is 15.8 Å². The Morgan fingerprint density at radius 3 is 2.75 bits per heavy atom. The molecule has 0 N–H and O–H groups in total. The van der Waals surface area contributed by atoms with E-state index in [0.29, 0.717) is 16.3 Å². The van der Waals surface area contributed by atoms with Crippen LogP contribution in [0.1, 0.15) is 17.4 Å². The van der Waals surface area contributed by atoms with Crippen LogP contribution in [0.15, 0.2) is 23.1 Å². The first-order valence-corrected chi connectivity index (χ1v) is 5.11. The fourth-order valence-corrected chi connectivity index (χ4v) is 1.52. The largest absolute Gasteiger partial charge is 0.443 e. The number of ketones is 1. The minimum absolute atomic E-state index is 0.185. The molecule has 16 heavy (non-hydrogen) atoms. The lowest BCUT2D eigenvalue weighted by Crippen LogP contribution is -1.95. The van der Waals surface area contributed by atoms with Crippen molar-refractivity contribution in [1.29, 1.82) is 0 Å². The summed E-state index contributed by atoms with van der Waals surface area (Å²) in [6.07, 6.45) is 2.68. The van der Waals surface area contributed by atoms with Gasteiger partial charge in [-0.3, -0.25) is 4.79 Å². The van der Waals surface area contributed by atoms with Crippen LogP contribution in [0.2, 0.25) is 10.2 Å². The molecule has 0 unspecified atom stereocenters. The molecule has 0 fully saturated rings. The molecule has 6 heteroatoms. The van der Waals surface area contributed by atoms with Crippen LogP contribution in [0.5, 0.6) is 0 Å². The van der Waals surface area contributed by atoms with E-state index >= 15 is 0 Å². The first kappa shape index (κ1) is 11.1. The van der Waals surface area contributed by atoms with E-state index < -0.39 is 0 Å². The summed E-state index contributed by atoms with van der Waals surface area (Å²) in [5.41, 5.74) is 0.817. The summed E-state index contributed by atoms with van der Waals surface area (Å²) in [5, 5.41) is 0.499. The zero-order valence-corrected chi connectivity index (χ0v) is 9.71. The van der Waals surface area contributed by atoms with Crippen LogP contribution in [0.25, 0.3) is 11.3 Å². The Kier molecular flexibility index (Phi) is 2.94. The zero-order chi connectivity index (χ0) is 11.7. The third-order valence-electron chi connectivity index (χ3n) is 1.96. The highest BCUT2D eigenvalue weighted by Gasteiger charge is 2.15. The molecule has 0 aliphatic rings. The molecule has 0 saturated heterocycles. The molecule has 0 saturated carbocycles. The molecular formula is C10H6Cl2N2O2. The highest BCUT2D eigenvalue weighted by molar-refractivity contribution is 6.41. The molecule has 82 valence electrons. The van der Waals surface area contributed by atoms with Gasteiger partial charge in [0.25, 0.3) is 0 Å². The monoisotopic (exact) mass is 256 g/mol. The lowest BCUT2D eigenvalue weighted by molar-refractivity contribution is 0.101. The van der Waals surface area contributed by atoms with Gasteiger partial charge in [0.05, 0.1) is 5.02 Å². The number of carbonyl (C=O) groups excluding carboxylic acids is 1. The van der Waals surface area contributed by atoms with Gasteiger partial charge in [-0.2, -0.15) is 0 Å². The van der Waals surface area contributed by atoms with Gasteiger partial charge in [0.2, 0.25) is 0 Å². The van der Waals surface area contributed by atoms with Gasteiger partial charge in [-0.15, -0.1) is 0 Å². The molecule has 0 atom stereocenters. The van der Waals surface area contributed by atoms with Crippen LogP contribution < -0.4 is 0 Å². The molecule has 2 heterocycles. The summed E-state index contributed by atoms with van der Waals surface area (Å²) < 4.78 is 5.13. The van der Waals surface area contributed by atoms with Crippen molar-refractivity contribution >= 4 is 29.0 Å². The van der Waals surface area contributed by atoms with E-state index in [0.717, 1.165) is 0 Å². The molecule has 0 spiro atoms. The summed E-state index contributed by atoms with van der Waals surface area (Å²) in [4.78, 5) is 18.9. The normalized spacial score (nSPS) is 10.4. The van der Waals surface area contributed by atoms with Gasteiger partial charge in [-0.1, -0.05) is 23.2 Å². The maximum atomic E-state index is 11.3. The second-order valence-electron chi connectivity index (χ2n) is 3.08. The van der Waals surface area contributed by atoms with Crippen molar-refractivity contribution < 1.29 is 9.21 Å². The van der Waals surface area contributed by atoms with Gasteiger partial charge in [-0.25, -0.2) is 9.97 Å². The van der Waals surface area contributed by atoms with Crippen LogP contribution in [0.3, 0.4) is 0 Å². The molecule has 0 bridgehead atoms. The number of hydrogen-bond acceptors (Lipinski definition) is 4. The topological polar surface area (TPSA) is 56.0 Å². The minimum atomic E-state index is -0.185. The number of aromatic nitrogens is 2. The number of pyridine rings is 1. The fourth-order valence-electron chi connectivity index (χ4n) is 1.25. The molecular weight excluding hydrogens is 251 g/mol. The molecule has 0 aliphatic carbocycles. The Morgan fingerprint density at radius 2 is 2.12 bits per heavy atom. The average Bonchev–Trinajstić information content (AvgIpc) is 2.71. The molecule has 0 aliphatic heterocycles. The number of halogens is 2.